The van der Waals surface area contributed by atoms with Crippen LogP contribution in [-0.4, -0.2) is 8.86 Å². The van der Waals surface area contributed by atoms with E-state index in [1.165, 1.54) is 34.5 Å². The van der Waals surface area contributed by atoms with Gasteiger partial charge in [-0.2, -0.15) is 0 Å². The van der Waals surface area contributed by atoms with E-state index in [0.29, 0.717) is 0 Å². The number of alkyl halides is 2. The molecule has 0 aromatic rings. The summed E-state index contributed by atoms with van der Waals surface area (Å²) < 4.78 is 2.66. The quantitative estimate of drug-likeness (QED) is 0.409. The van der Waals surface area contributed by atoms with Gasteiger partial charge in [-0.05, 0) is 21.7 Å². The van der Waals surface area contributed by atoms with Crippen LogP contribution in [0.1, 0.15) is 25.7 Å². The summed E-state index contributed by atoms with van der Waals surface area (Å²) in [6.07, 6.45) is 5.70. The summed E-state index contributed by atoms with van der Waals surface area (Å²) in [5.41, 5.74) is 0. The molecule has 0 aliphatic rings. The van der Waals surface area contributed by atoms with Crippen molar-refractivity contribution in [2.24, 2.45) is 0 Å². The molecule has 2 heteroatoms. The van der Waals surface area contributed by atoms with E-state index in [-0.39, 0.29) is 0 Å². The highest BCUT2D eigenvalue weighted by Crippen LogP contribution is 2.03. The Morgan fingerprint density at radius 1 is 0.625 bits per heavy atom. The van der Waals surface area contributed by atoms with Crippen LogP contribution < -0.4 is 0 Å². The van der Waals surface area contributed by atoms with E-state index >= 15 is 0 Å². The van der Waals surface area contributed by atoms with E-state index in [1.54, 1.807) is 0 Å². The molecule has 0 heterocycles. The van der Waals surface area contributed by atoms with E-state index in [2.05, 4.69) is 45.2 Å². The first-order valence-corrected chi connectivity index (χ1v) is 6.09. The third-order valence-corrected chi connectivity index (χ3v) is 2.54. The van der Waals surface area contributed by atoms with Crippen LogP contribution in [0.25, 0.3) is 0 Å². The number of hydrogen-bond donors (Lipinski definition) is 0. The Bertz CT molecular complexity index is 31.5. The zero-order valence-electron chi connectivity index (χ0n) is 5.00. The van der Waals surface area contributed by atoms with Crippen molar-refractivity contribution >= 4 is 45.2 Å². The highest BCUT2D eigenvalue weighted by molar-refractivity contribution is 14.1. The molecular weight excluding hydrogens is 326 g/mol. The van der Waals surface area contributed by atoms with E-state index in [0.717, 1.165) is 0 Å². The van der Waals surface area contributed by atoms with Crippen LogP contribution >= 0.6 is 45.2 Å². The van der Waals surface area contributed by atoms with Crippen molar-refractivity contribution in [3.05, 3.63) is 0 Å². The first-order valence-electron chi connectivity index (χ1n) is 3.03. The third-order valence-electron chi connectivity index (χ3n) is 1.02. The molecule has 0 atom stereocenters. The van der Waals surface area contributed by atoms with Gasteiger partial charge in [0.05, 0.1) is 0 Å². The van der Waals surface area contributed by atoms with Gasteiger partial charge in [-0.15, -0.1) is 0 Å². The maximum atomic E-state index is 2.44. The molecular formula is C6H12I2. The molecule has 8 heavy (non-hydrogen) atoms. The molecule has 0 radical (unpaired) electrons. The molecule has 0 unspecified atom stereocenters. The molecule has 0 aliphatic carbocycles. The van der Waals surface area contributed by atoms with Crippen molar-refractivity contribution in [3.63, 3.8) is 0 Å². The Labute approximate surface area is 79.1 Å². The fraction of sp³-hybridized carbons (Fsp3) is 1.00. The van der Waals surface area contributed by atoms with E-state index < -0.39 is 0 Å². The Morgan fingerprint density at radius 2 is 1.00 bits per heavy atom. The lowest BCUT2D eigenvalue weighted by atomic mass is 10.2. The van der Waals surface area contributed by atoms with E-state index in [9.17, 15) is 0 Å². The van der Waals surface area contributed by atoms with Gasteiger partial charge in [0, 0.05) is 0 Å². The summed E-state index contributed by atoms with van der Waals surface area (Å²) in [6, 6.07) is 0. The maximum Gasteiger partial charge on any atom is -0.000473 e. The Morgan fingerprint density at radius 3 is 1.25 bits per heavy atom. The fourth-order valence-electron chi connectivity index (χ4n) is 0.543. The third kappa shape index (κ3) is 7.46. The lowest BCUT2D eigenvalue weighted by Gasteiger charge is -1.92. The first-order chi connectivity index (χ1) is 3.91. The summed E-state index contributed by atoms with van der Waals surface area (Å²) in [6.45, 7) is 0. The Hall–Kier alpha value is 1.46. The monoisotopic (exact) mass is 338 g/mol. The van der Waals surface area contributed by atoms with Crippen LogP contribution in [0.3, 0.4) is 0 Å². The lowest BCUT2D eigenvalue weighted by molar-refractivity contribution is 0.719. The van der Waals surface area contributed by atoms with Crippen LogP contribution in [0, 0.1) is 0 Å². The average molecular weight is 338 g/mol. The standard InChI is InChI=1S/C6H12I2/c7-5-3-1-2-4-6-8/h1-6H2. The number of unbranched alkanes of at least 4 members (excludes halogenated alkanes) is 3. The minimum atomic E-state index is 1.33. The van der Waals surface area contributed by atoms with Gasteiger partial charge in [0.2, 0.25) is 0 Å². The van der Waals surface area contributed by atoms with Crippen LogP contribution in [0.2, 0.25) is 0 Å². The summed E-state index contributed by atoms with van der Waals surface area (Å²) in [4.78, 5) is 0. The van der Waals surface area contributed by atoms with Crippen LogP contribution in [-0.2, 0) is 0 Å². The predicted octanol–water partition coefficient (Wildman–Crippen LogP) is 3.42. The summed E-state index contributed by atoms with van der Waals surface area (Å²) >= 11 is 4.87. The van der Waals surface area contributed by atoms with Gasteiger partial charge in [-0.3, -0.25) is 0 Å². The molecule has 0 aliphatic heterocycles. The van der Waals surface area contributed by atoms with Crippen molar-refractivity contribution in [1.29, 1.82) is 0 Å². The molecule has 0 N–H and O–H groups in total. The van der Waals surface area contributed by atoms with Gasteiger partial charge < -0.3 is 0 Å². The molecule has 0 saturated carbocycles. The normalized spacial score (nSPS) is 9.75. The smallest absolute Gasteiger partial charge is 0.000473 e. The van der Waals surface area contributed by atoms with Crippen LogP contribution in [0.15, 0.2) is 0 Å². The molecule has 0 fully saturated rings. The minimum Gasteiger partial charge on any atom is -0.0864 e. The SMILES string of the molecule is ICCCCCCI. The van der Waals surface area contributed by atoms with Crippen LogP contribution in [0.5, 0.6) is 0 Å². The Balaban J connectivity index is 2.53. The number of rotatable bonds is 5. The first kappa shape index (κ1) is 9.46. The molecule has 0 rings (SSSR count). The molecule has 0 bridgehead atoms. The number of hydrogen-bond acceptors (Lipinski definition) is 0. The van der Waals surface area contributed by atoms with Crippen molar-refractivity contribution < 1.29 is 0 Å². The van der Waals surface area contributed by atoms with E-state index in [4.69, 9.17) is 0 Å². The molecule has 0 nitrogen and oxygen atoms in total. The second-order valence-electron chi connectivity index (χ2n) is 1.79. The molecule has 0 aromatic carbocycles. The highest BCUT2D eigenvalue weighted by Gasteiger charge is 1.84. The Kier molecular flexibility index (Phi) is 10.0. The zero-order valence-corrected chi connectivity index (χ0v) is 9.31. The van der Waals surface area contributed by atoms with Gasteiger partial charge in [0.25, 0.3) is 0 Å². The maximum absolute atomic E-state index is 2.44. The fourth-order valence-corrected chi connectivity index (χ4v) is 1.62. The van der Waals surface area contributed by atoms with E-state index in [1.807, 2.05) is 0 Å². The number of halogens is 2. The van der Waals surface area contributed by atoms with Gasteiger partial charge in [0.15, 0.2) is 0 Å². The second kappa shape index (κ2) is 8.46. The van der Waals surface area contributed by atoms with Gasteiger partial charge in [-0.25, -0.2) is 0 Å². The zero-order chi connectivity index (χ0) is 6.24. The lowest BCUT2D eigenvalue weighted by Crippen LogP contribution is -1.78. The van der Waals surface area contributed by atoms with Crippen molar-refractivity contribution in [3.8, 4) is 0 Å². The van der Waals surface area contributed by atoms with Crippen molar-refractivity contribution in [2.45, 2.75) is 25.7 Å². The second-order valence-corrected chi connectivity index (χ2v) is 3.95. The molecule has 0 amide bonds. The molecule has 50 valence electrons. The topological polar surface area (TPSA) is 0 Å². The van der Waals surface area contributed by atoms with Gasteiger partial charge in [-0.1, -0.05) is 58.0 Å². The van der Waals surface area contributed by atoms with Gasteiger partial charge >= 0.3 is 0 Å². The molecule has 0 aromatic heterocycles. The predicted molar refractivity (Wildman–Crippen MR) is 56.2 cm³/mol. The summed E-state index contributed by atoms with van der Waals surface area (Å²) in [5, 5.41) is 0. The largest absolute Gasteiger partial charge is 0.0864 e. The summed E-state index contributed by atoms with van der Waals surface area (Å²) in [5.74, 6) is 0. The highest BCUT2D eigenvalue weighted by atomic mass is 127. The minimum absolute atomic E-state index is 1.33. The molecule has 0 spiro atoms. The van der Waals surface area contributed by atoms with Crippen molar-refractivity contribution in [2.75, 3.05) is 8.86 Å². The van der Waals surface area contributed by atoms with Crippen LogP contribution in [0.4, 0.5) is 0 Å². The summed E-state index contributed by atoms with van der Waals surface area (Å²) in [7, 11) is 0. The molecule has 0 saturated heterocycles. The van der Waals surface area contributed by atoms with Gasteiger partial charge in [0.1, 0.15) is 0 Å². The van der Waals surface area contributed by atoms with Crippen molar-refractivity contribution in [1.82, 2.24) is 0 Å². The average Bonchev–Trinajstić information content (AvgIpc) is 1.81.